The summed E-state index contributed by atoms with van der Waals surface area (Å²) in [4.78, 5) is 23.7. The first-order valence-corrected chi connectivity index (χ1v) is 6.52. The van der Waals surface area contributed by atoms with Crippen molar-refractivity contribution in [3.05, 3.63) is 47.5 Å². The van der Waals surface area contributed by atoms with E-state index in [1.807, 2.05) is 24.3 Å². The third-order valence-corrected chi connectivity index (χ3v) is 4.26. The van der Waals surface area contributed by atoms with Crippen LogP contribution in [0, 0.1) is 5.92 Å². The van der Waals surface area contributed by atoms with Gasteiger partial charge < -0.3 is 4.74 Å². The molecule has 19 heavy (non-hydrogen) atoms. The molecule has 0 unspecified atom stereocenters. The van der Waals surface area contributed by atoms with Gasteiger partial charge in [-0.15, -0.1) is 0 Å². The number of carbonyl (C=O) groups is 2. The molecule has 3 heteroatoms. The third kappa shape index (κ3) is 1.38. The molecule has 0 aromatic heterocycles. The maximum absolute atomic E-state index is 12.0. The Morgan fingerprint density at radius 2 is 1.84 bits per heavy atom. The van der Waals surface area contributed by atoms with Crippen LogP contribution in [-0.2, 0) is 20.7 Å². The molecule has 94 valence electrons. The monoisotopic (exact) mass is 252 g/mol. The number of hydrogen-bond donors (Lipinski definition) is 0. The lowest BCUT2D eigenvalue weighted by atomic mass is 9.74. The van der Waals surface area contributed by atoms with Crippen LogP contribution >= 0.6 is 0 Å². The van der Waals surface area contributed by atoms with Crippen LogP contribution in [0.4, 0.5) is 0 Å². The Balaban J connectivity index is 2.03. The highest BCUT2D eigenvalue weighted by molar-refractivity contribution is 6.03. The molecule has 0 N–H and O–H groups in total. The van der Waals surface area contributed by atoms with E-state index >= 15 is 0 Å². The van der Waals surface area contributed by atoms with Crippen molar-refractivity contribution in [1.29, 1.82) is 0 Å². The van der Waals surface area contributed by atoms with E-state index in [4.69, 9.17) is 4.74 Å². The molecule has 1 aliphatic heterocycles. The van der Waals surface area contributed by atoms with Gasteiger partial charge in [0.25, 0.3) is 0 Å². The van der Waals surface area contributed by atoms with Gasteiger partial charge in [0, 0.05) is 0 Å². The summed E-state index contributed by atoms with van der Waals surface area (Å²) in [6.45, 7) is 0. The summed E-state index contributed by atoms with van der Waals surface area (Å²) in [7, 11) is 0. The number of carbonyl (C=O) groups excluding carboxylic acids is 2. The molecular weight excluding hydrogens is 240 g/mol. The summed E-state index contributed by atoms with van der Waals surface area (Å²) in [6, 6.07) is 12.1. The number of hydrogen-bond acceptors (Lipinski definition) is 3. The lowest BCUT2D eigenvalue weighted by Crippen LogP contribution is -2.23. The van der Waals surface area contributed by atoms with Crippen LogP contribution in [0.3, 0.4) is 0 Å². The molecule has 4 rings (SSSR count). The summed E-state index contributed by atoms with van der Waals surface area (Å²) in [5.74, 6) is -1.42. The number of esters is 2. The lowest BCUT2D eigenvalue weighted by Gasteiger charge is -2.25. The molecule has 1 fully saturated rings. The van der Waals surface area contributed by atoms with Gasteiger partial charge in [-0.3, -0.25) is 9.59 Å². The van der Waals surface area contributed by atoms with Gasteiger partial charge in [0.05, 0.1) is 11.8 Å². The second-order valence-electron chi connectivity index (χ2n) is 5.22. The van der Waals surface area contributed by atoms with Crippen molar-refractivity contribution in [2.24, 2.45) is 5.92 Å². The van der Waals surface area contributed by atoms with Gasteiger partial charge in [-0.05, 0) is 34.7 Å². The van der Waals surface area contributed by atoms with E-state index in [0.717, 1.165) is 22.8 Å². The minimum Gasteiger partial charge on any atom is -0.392 e. The average Bonchev–Trinajstić information content (AvgIpc) is 2.73. The number of benzene rings is 2. The molecule has 0 amide bonds. The zero-order valence-corrected chi connectivity index (χ0v) is 10.3. The Morgan fingerprint density at radius 1 is 1.00 bits per heavy atom. The molecule has 1 heterocycles. The fraction of sp³-hybridized carbons (Fsp3) is 0.250. The number of ether oxygens (including phenoxy) is 1. The third-order valence-electron chi connectivity index (χ3n) is 4.26. The van der Waals surface area contributed by atoms with Crippen molar-refractivity contribution in [3.63, 3.8) is 0 Å². The fourth-order valence-electron chi connectivity index (χ4n) is 3.38. The SMILES string of the molecule is O=C1OC(=O)[C@H]2c3c(ccc4ccccc34)CC[C@@H]12. The van der Waals surface area contributed by atoms with E-state index in [1.54, 1.807) is 0 Å². The van der Waals surface area contributed by atoms with E-state index in [9.17, 15) is 9.59 Å². The van der Waals surface area contributed by atoms with Crippen LogP contribution in [0.1, 0.15) is 23.5 Å². The fourth-order valence-corrected chi connectivity index (χ4v) is 3.38. The summed E-state index contributed by atoms with van der Waals surface area (Å²) in [5, 5.41) is 2.18. The first kappa shape index (κ1) is 10.7. The van der Waals surface area contributed by atoms with Gasteiger partial charge in [-0.1, -0.05) is 36.4 Å². The molecule has 0 radical (unpaired) electrons. The molecule has 0 bridgehead atoms. The van der Waals surface area contributed by atoms with Gasteiger partial charge >= 0.3 is 11.9 Å². The van der Waals surface area contributed by atoms with E-state index in [-0.39, 0.29) is 17.9 Å². The van der Waals surface area contributed by atoms with E-state index in [0.29, 0.717) is 6.42 Å². The second kappa shape index (κ2) is 3.67. The molecule has 0 spiro atoms. The molecule has 2 aliphatic rings. The van der Waals surface area contributed by atoms with Crippen molar-refractivity contribution in [2.75, 3.05) is 0 Å². The van der Waals surface area contributed by atoms with Gasteiger partial charge in [0.15, 0.2) is 0 Å². The van der Waals surface area contributed by atoms with Crippen molar-refractivity contribution < 1.29 is 14.3 Å². The summed E-state index contributed by atoms with van der Waals surface area (Å²) in [5.41, 5.74) is 2.18. The Hall–Kier alpha value is -2.16. The molecule has 2 aromatic rings. The molecule has 1 aliphatic carbocycles. The zero-order chi connectivity index (χ0) is 13.0. The van der Waals surface area contributed by atoms with Crippen molar-refractivity contribution in [1.82, 2.24) is 0 Å². The second-order valence-corrected chi connectivity index (χ2v) is 5.22. The van der Waals surface area contributed by atoms with Crippen molar-refractivity contribution in [2.45, 2.75) is 18.8 Å². The largest absolute Gasteiger partial charge is 0.392 e. The standard InChI is InChI=1S/C16H12O3/c17-15-12-8-7-10-6-5-9-3-1-2-4-11(9)13(10)14(12)16(18)19-15/h1-6,12,14H,7-8H2/t12-,14-/m1/s1. The van der Waals surface area contributed by atoms with Crippen LogP contribution in [0.15, 0.2) is 36.4 Å². The zero-order valence-electron chi connectivity index (χ0n) is 10.3. The summed E-state index contributed by atoms with van der Waals surface area (Å²) >= 11 is 0. The van der Waals surface area contributed by atoms with E-state index in [2.05, 4.69) is 12.1 Å². The van der Waals surface area contributed by atoms with Crippen LogP contribution < -0.4 is 0 Å². The molecular formula is C16H12O3. The molecule has 1 saturated heterocycles. The highest BCUT2D eigenvalue weighted by Gasteiger charge is 2.48. The summed E-state index contributed by atoms with van der Waals surface area (Å²) in [6.07, 6.45) is 1.55. The highest BCUT2D eigenvalue weighted by atomic mass is 16.6. The highest BCUT2D eigenvalue weighted by Crippen LogP contribution is 2.44. The molecule has 2 atom stereocenters. The van der Waals surface area contributed by atoms with Crippen LogP contribution in [0.2, 0.25) is 0 Å². The molecule has 0 saturated carbocycles. The minimum atomic E-state index is -0.401. The van der Waals surface area contributed by atoms with Crippen LogP contribution in [0.5, 0.6) is 0 Å². The number of aryl methyl sites for hydroxylation is 1. The average molecular weight is 252 g/mol. The maximum atomic E-state index is 12.0. The van der Waals surface area contributed by atoms with Crippen molar-refractivity contribution >= 4 is 22.7 Å². The topological polar surface area (TPSA) is 43.4 Å². The van der Waals surface area contributed by atoms with Crippen molar-refractivity contribution in [3.8, 4) is 0 Å². The van der Waals surface area contributed by atoms with Crippen LogP contribution in [-0.4, -0.2) is 11.9 Å². The lowest BCUT2D eigenvalue weighted by molar-refractivity contribution is -0.153. The number of fused-ring (bicyclic) bond motifs is 5. The Labute approximate surface area is 110 Å². The normalized spacial score (nSPS) is 25.1. The Bertz CT molecular complexity index is 717. The maximum Gasteiger partial charge on any atom is 0.321 e. The first-order chi connectivity index (χ1) is 9.25. The Kier molecular flexibility index (Phi) is 2.07. The van der Waals surface area contributed by atoms with Gasteiger partial charge in [0.2, 0.25) is 0 Å². The summed E-state index contributed by atoms with van der Waals surface area (Å²) < 4.78 is 4.84. The van der Waals surface area contributed by atoms with Gasteiger partial charge in [0.1, 0.15) is 0 Å². The van der Waals surface area contributed by atoms with E-state index in [1.165, 1.54) is 5.56 Å². The van der Waals surface area contributed by atoms with Gasteiger partial charge in [-0.2, -0.15) is 0 Å². The van der Waals surface area contributed by atoms with E-state index < -0.39 is 5.92 Å². The predicted molar refractivity (Wildman–Crippen MR) is 69.6 cm³/mol. The first-order valence-electron chi connectivity index (χ1n) is 6.52. The Morgan fingerprint density at radius 3 is 2.74 bits per heavy atom. The number of rotatable bonds is 0. The predicted octanol–water partition coefficient (Wildman–Crippen LogP) is 2.57. The molecule has 3 nitrogen and oxygen atoms in total. The molecule has 2 aromatic carbocycles. The quantitative estimate of drug-likeness (QED) is 0.534. The number of cyclic esters (lactones) is 2. The smallest absolute Gasteiger partial charge is 0.321 e. The van der Waals surface area contributed by atoms with Crippen LogP contribution in [0.25, 0.3) is 10.8 Å². The minimum absolute atomic E-state index is 0.286. The van der Waals surface area contributed by atoms with Gasteiger partial charge in [-0.25, -0.2) is 0 Å².